The number of rotatable bonds is 8. The van der Waals surface area contributed by atoms with E-state index in [9.17, 15) is 0 Å². The third kappa shape index (κ3) is 3.38. The molecule has 4 fully saturated rings. The average molecular weight is 461 g/mol. The van der Waals surface area contributed by atoms with Gasteiger partial charge in [-0.1, -0.05) is 74.5 Å². The Bertz CT molecular complexity index is 1100. The SMILES string of the molecule is CC(C)(C1C=C(C(C2CC2)C2CC2)c2ccccc21)C1C=C(C(C2CC2)C2CC2)c2ccccc21. The van der Waals surface area contributed by atoms with Gasteiger partial charge in [0.25, 0.3) is 0 Å². The molecule has 6 aliphatic rings. The van der Waals surface area contributed by atoms with Crippen molar-refractivity contribution in [3.05, 3.63) is 82.9 Å². The first-order chi connectivity index (χ1) is 17.1. The second-order valence-electron chi connectivity index (χ2n) is 13.6. The molecule has 2 unspecified atom stereocenters. The minimum atomic E-state index is 0.158. The second-order valence-corrected chi connectivity index (χ2v) is 13.6. The lowest BCUT2D eigenvalue weighted by Gasteiger charge is -2.37. The maximum absolute atomic E-state index is 2.78. The maximum atomic E-state index is 2.78. The third-order valence-electron chi connectivity index (χ3n) is 10.7. The first-order valence-corrected chi connectivity index (χ1v) is 14.7. The highest BCUT2D eigenvalue weighted by Crippen LogP contribution is 2.63. The fourth-order valence-electron chi connectivity index (χ4n) is 8.39. The predicted octanol–water partition coefficient (Wildman–Crippen LogP) is 9.25. The first-order valence-electron chi connectivity index (χ1n) is 14.7. The average Bonchev–Trinajstić information content (AvgIpc) is 3.67. The number of hydrogen-bond donors (Lipinski definition) is 0. The molecule has 0 amide bonds. The van der Waals surface area contributed by atoms with E-state index in [4.69, 9.17) is 0 Å². The van der Waals surface area contributed by atoms with Crippen LogP contribution in [0.15, 0.2) is 60.7 Å². The molecule has 0 heterocycles. The maximum Gasteiger partial charge on any atom is 0.00902 e. The second kappa shape index (κ2) is 7.47. The zero-order valence-corrected chi connectivity index (χ0v) is 21.5. The fourth-order valence-corrected chi connectivity index (χ4v) is 8.39. The van der Waals surface area contributed by atoms with E-state index in [1.807, 2.05) is 0 Å². The van der Waals surface area contributed by atoms with E-state index in [2.05, 4.69) is 74.5 Å². The van der Waals surface area contributed by atoms with Gasteiger partial charge in [-0.15, -0.1) is 0 Å². The molecule has 0 radical (unpaired) electrons. The summed E-state index contributed by atoms with van der Waals surface area (Å²) in [6.45, 7) is 5.17. The van der Waals surface area contributed by atoms with Crippen LogP contribution in [-0.4, -0.2) is 0 Å². The lowest BCUT2D eigenvalue weighted by atomic mass is 9.66. The molecule has 2 atom stereocenters. The first kappa shape index (κ1) is 21.0. The summed E-state index contributed by atoms with van der Waals surface area (Å²) >= 11 is 0. The van der Waals surface area contributed by atoms with E-state index in [0.717, 1.165) is 35.5 Å². The summed E-state index contributed by atoms with van der Waals surface area (Å²) in [5.74, 6) is 6.49. The van der Waals surface area contributed by atoms with Gasteiger partial charge in [0.15, 0.2) is 0 Å². The molecule has 8 rings (SSSR count). The summed E-state index contributed by atoms with van der Waals surface area (Å²) in [5.41, 5.74) is 10.0. The van der Waals surface area contributed by atoms with Gasteiger partial charge in [0.05, 0.1) is 0 Å². The summed E-state index contributed by atoms with van der Waals surface area (Å²) < 4.78 is 0. The van der Waals surface area contributed by atoms with Gasteiger partial charge in [0.2, 0.25) is 0 Å². The summed E-state index contributed by atoms with van der Waals surface area (Å²) in [6.07, 6.45) is 17.2. The molecule has 35 heavy (non-hydrogen) atoms. The van der Waals surface area contributed by atoms with Crippen molar-refractivity contribution in [3.8, 4) is 0 Å². The predicted molar refractivity (Wildman–Crippen MR) is 146 cm³/mol. The highest BCUT2D eigenvalue weighted by Gasteiger charge is 2.50. The quantitative estimate of drug-likeness (QED) is 0.368. The summed E-state index contributed by atoms with van der Waals surface area (Å²) in [5, 5.41) is 0. The van der Waals surface area contributed by atoms with Crippen LogP contribution in [0.4, 0.5) is 0 Å². The molecule has 4 saturated carbocycles. The molecule has 2 aromatic rings. The van der Waals surface area contributed by atoms with Crippen LogP contribution in [0.25, 0.3) is 11.1 Å². The molecule has 0 N–H and O–H groups in total. The molecule has 0 spiro atoms. The zero-order chi connectivity index (χ0) is 23.3. The minimum absolute atomic E-state index is 0.158. The lowest BCUT2D eigenvalue weighted by Crippen LogP contribution is -2.26. The van der Waals surface area contributed by atoms with Crippen molar-refractivity contribution < 1.29 is 0 Å². The number of benzene rings is 2. The molecule has 180 valence electrons. The van der Waals surface area contributed by atoms with E-state index in [1.54, 1.807) is 33.4 Å². The van der Waals surface area contributed by atoms with E-state index >= 15 is 0 Å². The Morgan fingerprint density at radius 2 is 0.886 bits per heavy atom. The molecule has 0 aromatic heterocycles. The van der Waals surface area contributed by atoms with Crippen molar-refractivity contribution in [2.75, 3.05) is 0 Å². The van der Waals surface area contributed by atoms with Gasteiger partial charge in [-0.2, -0.15) is 0 Å². The van der Waals surface area contributed by atoms with Crippen molar-refractivity contribution in [1.29, 1.82) is 0 Å². The van der Waals surface area contributed by atoms with E-state index in [0.29, 0.717) is 11.8 Å². The van der Waals surface area contributed by atoms with Gasteiger partial charge < -0.3 is 0 Å². The molecule has 2 aromatic carbocycles. The summed E-state index contributed by atoms with van der Waals surface area (Å²) in [7, 11) is 0. The van der Waals surface area contributed by atoms with Gasteiger partial charge in [-0.25, -0.2) is 0 Å². The third-order valence-corrected chi connectivity index (χ3v) is 10.7. The van der Waals surface area contributed by atoms with Crippen LogP contribution in [0.2, 0.25) is 0 Å². The number of allylic oxidation sites excluding steroid dienone is 4. The molecule has 6 aliphatic carbocycles. The van der Waals surface area contributed by atoms with E-state index < -0.39 is 0 Å². The van der Waals surface area contributed by atoms with Crippen molar-refractivity contribution in [2.45, 2.75) is 77.0 Å². The topological polar surface area (TPSA) is 0 Å². The molecular weight excluding hydrogens is 420 g/mol. The van der Waals surface area contributed by atoms with Crippen LogP contribution in [-0.2, 0) is 0 Å². The number of hydrogen-bond acceptors (Lipinski definition) is 0. The van der Waals surface area contributed by atoms with Crippen molar-refractivity contribution in [3.63, 3.8) is 0 Å². The Morgan fingerprint density at radius 3 is 1.23 bits per heavy atom. The van der Waals surface area contributed by atoms with Crippen LogP contribution >= 0.6 is 0 Å². The van der Waals surface area contributed by atoms with Gasteiger partial charge >= 0.3 is 0 Å². The van der Waals surface area contributed by atoms with Gasteiger partial charge in [0, 0.05) is 11.8 Å². The van der Waals surface area contributed by atoms with Crippen molar-refractivity contribution >= 4 is 11.1 Å². The molecule has 0 nitrogen and oxygen atoms in total. The normalized spacial score (nSPS) is 27.8. The monoisotopic (exact) mass is 460 g/mol. The molecular formula is C35H40. The standard InChI is InChI=1S/C35H40/c1-35(2,31-19-29(25-7-3-5-9-27(25)31)33(21-11-12-21)22-13-14-22)32-20-30(26-8-4-6-10-28(26)32)34(23-15-16-23)24-17-18-24/h3-10,19-24,31-34H,11-18H2,1-2H3. The van der Waals surface area contributed by atoms with Gasteiger partial charge in [-0.05, 0) is 126 Å². The molecule has 0 aliphatic heterocycles. The van der Waals surface area contributed by atoms with E-state index in [1.165, 1.54) is 51.4 Å². The Labute approximate surface area is 211 Å². The van der Waals surface area contributed by atoms with Gasteiger partial charge in [-0.3, -0.25) is 0 Å². The summed E-state index contributed by atoms with van der Waals surface area (Å²) in [6, 6.07) is 19.0. The smallest absolute Gasteiger partial charge is 0.00902 e. The fraction of sp³-hybridized carbons (Fsp3) is 0.543. The Balaban J connectivity index is 1.22. The van der Waals surface area contributed by atoms with Crippen LogP contribution in [0.1, 0.15) is 99.3 Å². The van der Waals surface area contributed by atoms with Crippen LogP contribution in [0.5, 0.6) is 0 Å². The summed E-state index contributed by atoms with van der Waals surface area (Å²) in [4.78, 5) is 0. The Morgan fingerprint density at radius 1 is 0.543 bits per heavy atom. The molecule has 0 saturated heterocycles. The van der Waals surface area contributed by atoms with Crippen LogP contribution in [0.3, 0.4) is 0 Å². The zero-order valence-electron chi connectivity index (χ0n) is 21.5. The van der Waals surface area contributed by atoms with Crippen LogP contribution < -0.4 is 0 Å². The lowest BCUT2D eigenvalue weighted by molar-refractivity contribution is 0.291. The largest absolute Gasteiger partial charge is 0.0723 e. The number of fused-ring (bicyclic) bond motifs is 2. The highest BCUT2D eigenvalue weighted by molar-refractivity contribution is 5.80. The molecule has 0 heteroatoms. The van der Waals surface area contributed by atoms with Crippen molar-refractivity contribution in [2.24, 2.45) is 40.9 Å². The Kier molecular flexibility index (Phi) is 4.49. The minimum Gasteiger partial charge on any atom is -0.0723 e. The Hall–Kier alpha value is -2.08. The van der Waals surface area contributed by atoms with E-state index in [-0.39, 0.29) is 5.41 Å². The highest BCUT2D eigenvalue weighted by atomic mass is 14.5. The molecule has 0 bridgehead atoms. The van der Waals surface area contributed by atoms with Crippen molar-refractivity contribution in [1.82, 2.24) is 0 Å². The van der Waals surface area contributed by atoms with Crippen LogP contribution in [0, 0.1) is 40.9 Å². The van der Waals surface area contributed by atoms with Gasteiger partial charge in [0.1, 0.15) is 0 Å².